The van der Waals surface area contributed by atoms with Gasteiger partial charge in [0.05, 0.1) is 5.92 Å². The summed E-state index contributed by atoms with van der Waals surface area (Å²) in [5.41, 5.74) is -0.887. The van der Waals surface area contributed by atoms with Crippen LogP contribution in [0.5, 0.6) is 0 Å². The van der Waals surface area contributed by atoms with Crippen molar-refractivity contribution in [1.29, 1.82) is 0 Å². The van der Waals surface area contributed by atoms with Crippen molar-refractivity contribution in [2.75, 3.05) is 0 Å². The molecule has 0 spiro atoms. The van der Waals surface area contributed by atoms with Crippen LogP contribution in [-0.2, 0) is 10.4 Å². The monoisotopic (exact) mass is 322 g/mol. The summed E-state index contributed by atoms with van der Waals surface area (Å²) < 4.78 is 0. The molecule has 3 nitrogen and oxygen atoms in total. The fourth-order valence-electron chi connectivity index (χ4n) is 3.63. The molecule has 24 heavy (non-hydrogen) atoms. The van der Waals surface area contributed by atoms with Crippen LogP contribution in [0.1, 0.15) is 42.1 Å². The van der Waals surface area contributed by atoms with E-state index in [0.717, 1.165) is 6.42 Å². The topological polar surface area (TPSA) is 54.4 Å². The number of carbonyl (C=O) groups is 2. The molecule has 2 aromatic rings. The zero-order chi connectivity index (χ0) is 17.2. The summed E-state index contributed by atoms with van der Waals surface area (Å²) in [7, 11) is 0. The van der Waals surface area contributed by atoms with Crippen molar-refractivity contribution in [3.05, 3.63) is 71.8 Å². The van der Waals surface area contributed by atoms with Gasteiger partial charge in [0.25, 0.3) is 0 Å². The maximum Gasteiger partial charge on any atom is 0.199 e. The smallest absolute Gasteiger partial charge is 0.199 e. The van der Waals surface area contributed by atoms with Crippen LogP contribution in [0.15, 0.2) is 60.7 Å². The zero-order valence-electron chi connectivity index (χ0n) is 13.8. The van der Waals surface area contributed by atoms with Crippen LogP contribution in [0.2, 0.25) is 0 Å². The van der Waals surface area contributed by atoms with Gasteiger partial charge in [0.1, 0.15) is 5.78 Å². The van der Waals surface area contributed by atoms with Crippen molar-refractivity contribution in [3.63, 3.8) is 0 Å². The van der Waals surface area contributed by atoms with E-state index in [1.807, 2.05) is 19.1 Å². The number of carbonyl (C=O) groups excluding carboxylic acids is 2. The molecule has 0 unspecified atom stereocenters. The normalized spacial score (nSPS) is 23.5. The molecule has 0 aromatic heterocycles. The predicted octanol–water partition coefficient (Wildman–Crippen LogP) is 3.76. The van der Waals surface area contributed by atoms with Gasteiger partial charge < -0.3 is 5.11 Å². The molecule has 0 aliphatic heterocycles. The second-order valence-corrected chi connectivity index (χ2v) is 6.73. The highest BCUT2D eigenvalue weighted by atomic mass is 16.3. The Balaban J connectivity index is 2.08. The standard InChI is InChI=1S/C21H22O3/c1-15-12-13-18(19(22)14-15)21(24,17-10-6-3-7-11-17)20(23)16-8-4-2-5-9-16/h2-11,15,18,24H,12-14H2,1H3/t15-,18-,21-/m0/s1. The number of rotatable bonds is 4. The number of hydrogen-bond acceptors (Lipinski definition) is 3. The molecule has 3 rings (SSSR count). The fraction of sp³-hybridized carbons (Fsp3) is 0.333. The average molecular weight is 322 g/mol. The van der Waals surface area contributed by atoms with E-state index in [1.165, 1.54) is 0 Å². The van der Waals surface area contributed by atoms with Gasteiger partial charge in [-0.25, -0.2) is 0 Å². The van der Waals surface area contributed by atoms with Crippen molar-refractivity contribution in [1.82, 2.24) is 0 Å². The third kappa shape index (κ3) is 2.92. The van der Waals surface area contributed by atoms with Gasteiger partial charge in [-0.3, -0.25) is 9.59 Å². The minimum Gasteiger partial charge on any atom is -0.376 e. The fourth-order valence-corrected chi connectivity index (χ4v) is 3.63. The lowest BCUT2D eigenvalue weighted by Crippen LogP contribution is -2.48. The quantitative estimate of drug-likeness (QED) is 0.872. The van der Waals surface area contributed by atoms with Gasteiger partial charge >= 0.3 is 0 Å². The second kappa shape index (κ2) is 6.70. The maximum atomic E-state index is 13.2. The van der Waals surface area contributed by atoms with Crippen LogP contribution in [-0.4, -0.2) is 16.7 Å². The van der Waals surface area contributed by atoms with Crippen molar-refractivity contribution in [2.45, 2.75) is 31.8 Å². The first-order valence-electron chi connectivity index (χ1n) is 8.44. The molecule has 1 fully saturated rings. The highest BCUT2D eigenvalue weighted by Gasteiger charge is 2.49. The first kappa shape index (κ1) is 16.6. The summed E-state index contributed by atoms with van der Waals surface area (Å²) in [5, 5.41) is 11.5. The number of hydrogen-bond donors (Lipinski definition) is 1. The second-order valence-electron chi connectivity index (χ2n) is 6.73. The van der Waals surface area contributed by atoms with Crippen molar-refractivity contribution in [2.24, 2.45) is 11.8 Å². The Morgan fingerprint density at radius 1 is 1.00 bits per heavy atom. The van der Waals surface area contributed by atoms with E-state index < -0.39 is 17.3 Å². The molecule has 0 bridgehead atoms. The van der Waals surface area contributed by atoms with Crippen molar-refractivity contribution >= 4 is 11.6 Å². The summed E-state index contributed by atoms with van der Waals surface area (Å²) in [6, 6.07) is 17.6. The maximum absolute atomic E-state index is 13.2. The molecule has 1 aliphatic rings. The molecule has 124 valence electrons. The Morgan fingerprint density at radius 3 is 2.17 bits per heavy atom. The predicted molar refractivity (Wildman–Crippen MR) is 92.6 cm³/mol. The third-order valence-electron chi connectivity index (χ3n) is 4.99. The first-order valence-corrected chi connectivity index (χ1v) is 8.44. The van der Waals surface area contributed by atoms with Gasteiger partial charge in [-0.2, -0.15) is 0 Å². The van der Waals surface area contributed by atoms with Gasteiger partial charge in [-0.05, 0) is 24.3 Å². The average Bonchev–Trinajstić information content (AvgIpc) is 2.62. The number of Topliss-reactive ketones (excluding diaryl/α,β-unsaturated/α-hetero) is 2. The van der Waals surface area contributed by atoms with Gasteiger partial charge in [0, 0.05) is 12.0 Å². The van der Waals surface area contributed by atoms with Crippen LogP contribution < -0.4 is 0 Å². The lowest BCUT2D eigenvalue weighted by atomic mass is 9.67. The molecule has 1 N–H and O–H groups in total. The zero-order valence-corrected chi connectivity index (χ0v) is 13.8. The number of benzene rings is 2. The lowest BCUT2D eigenvalue weighted by Gasteiger charge is -2.38. The Kier molecular flexibility index (Phi) is 4.63. The summed E-state index contributed by atoms with van der Waals surface area (Å²) in [6.07, 6.45) is 1.79. The summed E-state index contributed by atoms with van der Waals surface area (Å²) in [6.45, 7) is 2.04. The van der Waals surface area contributed by atoms with Crippen LogP contribution in [0.3, 0.4) is 0 Å². The molecule has 2 aromatic carbocycles. The van der Waals surface area contributed by atoms with Crippen LogP contribution in [0.4, 0.5) is 0 Å². The van der Waals surface area contributed by atoms with Gasteiger partial charge in [0.15, 0.2) is 11.4 Å². The summed E-state index contributed by atoms with van der Waals surface area (Å²) in [4.78, 5) is 25.8. The molecule has 0 saturated heterocycles. The van der Waals surface area contributed by atoms with E-state index in [1.54, 1.807) is 48.5 Å². The largest absolute Gasteiger partial charge is 0.376 e. The first-order chi connectivity index (χ1) is 11.5. The van der Waals surface area contributed by atoms with E-state index >= 15 is 0 Å². The van der Waals surface area contributed by atoms with Crippen molar-refractivity contribution in [3.8, 4) is 0 Å². The van der Waals surface area contributed by atoms with E-state index in [0.29, 0.717) is 29.9 Å². The van der Waals surface area contributed by atoms with Crippen LogP contribution in [0, 0.1) is 11.8 Å². The minimum absolute atomic E-state index is 0.0237. The summed E-state index contributed by atoms with van der Waals surface area (Å²) >= 11 is 0. The minimum atomic E-state index is -1.81. The van der Waals surface area contributed by atoms with Crippen LogP contribution >= 0.6 is 0 Å². The van der Waals surface area contributed by atoms with E-state index in [2.05, 4.69) is 0 Å². The number of ketones is 2. The van der Waals surface area contributed by atoms with Gasteiger partial charge in [0.2, 0.25) is 0 Å². The SMILES string of the molecule is C[C@H]1CC[C@H]([C@](O)(C(=O)c2ccccc2)c2ccccc2)C(=O)C1. The van der Waals surface area contributed by atoms with Crippen LogP contribution in [0.25, 0.3) is 0 Å². The van der Waals surface area contributed by atoms with E-state index in [9.17, 15) is 14.7 Å². The Labute approximate surface area is 142 Å². The third-order valence-corrected chi connectivity index (χ3v) is 4.99. The highest BCUT2D eigenvalue weighted by Crippen LogP contribution is 2.41. The molecule has 0 heterocycles. The van der Waals surface area contributed by atoms with E-state index in [-0.39, 0.29) is 5.78 Å². The van der Waals surface area contributed by atoms with Crippen molar-refractivity contribution < 1.29 is 14.7 Å². The molecule has 0 amide bonds. The summed E-state index contributed by atoms with van der Waals surface area (Å²) in [5.74, 6) is -0.809. The molecular formula is C21H22O3. The molecular weight excluding hydrogens is 300 g/mol. The lowest BCUT2D eigenvalue weighted by molar-refractivity contribution is -0.134. The molecule has 0 radical (unpaired) electrons. The Hall–Kier alpha value is -2.26. The Morgan fingerprint density at radius 2 is 1.58 bits per heavy atom. The van der Waals surface area contributed by atoms with Gasteiger partial charge in [-0.15, -0.1) is 0 Å². The Bertz CT molecular complexity index is 723. The molecule has 3 atom stereocenters. The number of aliphatic hydroxyl groups is 1. The molecule has 1 saturated carbocycles. The molecule has 3 heteroatoms. The van der Waals surface area contributed by atoms with E-state index in [4.69, 9.17) is 0 Å². The molecule has 1 aliphatic carbocycles. The van der Waals surface area contributed by atoms with Gasteiger partial charge in [-0.1, -0.05) is 67.6 Å². The highest BCUT2D eigenvalue weighted by molar-refractivity contribution is 6.06.